The van der Waals surface area contributed by atoms with Crippen LogP contribution in [0.1, 0.15) is 55.7 Å². The first-order valence-electron chi connectivity index (χ1n) is 9.79. The molecule has 0 unspecified atom stereocenters. The van der Waals surface area contributed by atoms with Gasteiger partial charge in [-0.1, -0.05) is 43.2 Å². The van der Waals surface area contributed by atoms with Crippen molar-refractivity contribution >= 4 is 5.91 Å². The molecule has 0 aliphatic heterocycles. The molecule has 26 heavy (non-hydrogen) atoms. The van der Waals surface area contributed by atoms with Crippen LogP contribution in [0.4, 0.5) is 0 Å². The minimum absolute atomic E-state index is 0.206. The zero-order valence-corrected chi connectivity index (χ0v) is 15.8. The Bertz CT molecular complexity index is 792. The lowest BCUT2D eigenvalue weighted by Crippen LogP contribution is -2.39. The van der Waals surface area contributed by atoms with Crippen molar-refractivity contribution in [2.24, 2.45) is 5.41 Å². The second kappa shape index (κ2) is 6.53. The molecule has 0 radical (unpaired) electrons. The van der Waals surface area contributed by atoms with E-state index in [1.165, 1.54) is 31.2 Å². The van der Waals surface area contributed by atoms with E-state index in [9.17, 15) is 4.79 Å². The van der Waals surface area contributed by atoms with E-state index in [0.29, 0.717) is 6.54 Å². The number of aryl methyl sites for hydroxylation is 3. The second-order valence-corrected chi connectivity index (χ2v) is 7.97. The summed E-state index contributed by atoms with van der Waals surface area (Å²) >= 11 is 0. The van der Waals surface area contributed by atoms with Gasteiger partial charge in [-0.05, 0) is 50.5 Å². The third-order valence-electron chi connectivity index (χ3n) is 6.39. The van der Waals surface area contributed by atoms with Gasteiger partial charge in [0, 0.05) is 13.1 Å². The number of rotatable bonds is 6. The van der Waals surface area contributed by atoms with Crippen molar-refractivity contribution < 1.29 is 4.79 Å². The zero-order chi connectivity index (χ0) is 18.2. The van der Waals surface area contributed by atoms with Crippen LogP contribution < -0.4 is 5.32 Å². The van der Waals surface area contributed by atoms with Crippen molar-refractivity contribution in [2.75, 3.05) is 6.54 Å². The van der Waals surface area contributed by atoms with E-state index in [-0.39, 0.29) is 16.7 Å². The number of amides is 1. The number of carbonyl (C=O) groups excluding carboxylic acids is 1. The van der Waals surface area contributed by atoms with Gasteiger partial charge < -0.3 is 5.32 Å². The van der Waals surface area contributed by atoms with E-state index in [4.69, 9.17) is 0 Å². The predicted molar refractivity (Wildman–Crippen MR) is 101 cm³/mol. The van der Waals surface area contributed by atoms with E-state index in [0.717, 1.165) is 31.0 Å². The number of benzene rings is 1. The molecular formula is C21H28N4O. The van der Waals surface area contributed by atoms with Crippen LogP contribution in [-0.2, 0) is 16.8 Å². The first kappa shape index (κ1) is 17.3. The fourth-order valence-corrected chi connectivity index (χ4v) is 5.06. The van der Waals surface area contributed by atoms with Crippen molar-refractivity contribution in [3.8, 4) is 0 Å². The average molecular weight is 352 g/mol. The predicted octanol–water partition coefficient (Wildman–Crippen LogP) is 3.30. The van der Waals surface area contributed by atoms with Crippen LogP contribution in [0.25, 0.3) is 0 Å². The number of carbonyl (C=O) groups is 1. The highest BCUT2D eigenvalue weighted by molar-refractivity contribution is 5.93. The normalized spacial score (nSPS) is 23.3. The largest absolute Gasteiger partial charge is 0.355 e. The zero-order valence-electron chi connectivity index (χ0n) is 15.8. The number of nitrogens with zero attached hydrogens (tertiary/aromatic N) is 3. The molecule has 1 aromatic carbocycles. The molecule has 138 valence electrons. The Morgan fingerprint density at radius 2 is 1.92 bits per heavy atom. The Hall–Kier alpha value is -2.17. The van der Waals surface area contributed by atoms with E-state index in [2.05, 4.69) is 39.7 Å². The lowest BCUT2D eigenvalue weighted by atomic mass is 9.84. The maximum absolute atomic E-state index is 13.2. The molecule has 5 nitrogen and oxygen atoms in total. The molecule has 2 fully saturated rings. The molecule has 2 aliphatic carbocycles. The topological polar surface area (TPSA) is 59.8 Å². The Kier molecular flexibility index (Phi) is 4.33. The molecule has 2 aliphatic rings. The molecule has 1 atom stereocenters. The third kappa shape index (κ3) is 2.74. The fraction of sp³-hybridized carbons (Fsp3) is 0.571. The summed E-state index contributed by atoms with van der Waals surface area (Å²) in [4.78, 5) is 17.6. The molecule has 1 amide bonds. The van der Waals surface area contributed by atoms with Crippen LogP contribution >= 0.6 is 0 Å². The molecule has 0 saturated heterocycles. The van der Waals surface area contributed by atoms with Crippen LogP contribution in [-0.4, -0.2) is 27.2 Å². The summed E-state index contributed by atoms with van der Waals surface area (Å²) in [7, 11) is 0. The van der Waals surface area contributed by atoms with Crippen molar-refractivity contribution in [3.63, 3.8) is 0 Å². The molecule has 1 spiro atoms. The molecule has 5 heteroatoms. The van der Waals surface area contributed by atoms with Gasteiger partial charge in [-0.25, -0.2) is 4.98 Å². The van der Waals surface area contributed by atoms with Crippen LogP contribution in [0, 0.1) is 19.3 Å². The van der Waals surface area contributed by atoms with Gasteiger partial charge in [0.05, 0.1) is 5.41 Å². The second-order valence-electron chi connectivity index (χ2n) is 7.97. The SMILES string of the molecule is Cc1nc(C)n(CCCNC(=O)[C@@]2(c3ccccc3)CC23CCCC3)n1. The van der Waals surface area contributed by atoms with Gasteiger partial charge in [-0.15, -0.1) is 0 Å². The standard InChI is InChI=1S/C21H28N4O/c1-16-23-17(2)25(24-16)14-8-13-22-19(26)21(18-9-4-3-5-10-18)15-20(21)11-6-7-12-20/h3-5,9-10H,6-8,11-15H2,1-2H3,(H,22,26)/t21-/m0/s1. The number of aromatic nitrogens is 3. The van der Waals surface area contributed by atoms with Gasteiger partial charge in [0.25, 0.3) is 0 Å². The third-order valence-corrected chi connectivity index (χ3v) is 6.39. The first-order chi connectivity index (χ1) is 12.6. The average Bonchev–Trinajstić information content (AvgIpc) is 2.87. The lowest BCUT2D eigenvalue weighted by molar-refractivity contribution is -0.124. The summed E-state index contributed by atoms with van der Waals surface area (Å²) in [6.45, 7) is 5.35. The number of hydrogen-bond acceptors (Lipinski definition) is 3. The van der Waals surface area contributed by atoms with Gasteiger partial charge in [-0.3, -0.25) is 9.48 Å². The molecule has 0 bridgehead atoms. The summed E-state index contributed by atoms with van der Waals surface area (Å²) < 4.78 is 1.92. The summed E-state index contributed by atoms with van der Waals surface area (Å²) in [6.07, 6.45) is 6.77. The van der Waals surface area contributed by atoms with Crippen LogP contribution in [0.3, 0.4) is 0 Å². The quantitative estimate of drug-likeness (QED) is 0.812. The van der Waals surface area contributed by atoms with E-state index in [1.54, 1.807) is 0 Å². The van der Waals surface area contributed by atoms with Gasteiger partial charge in [0.2, 0.25) is 5.91 Å². The van der Waals surface area contributed by atoms with Crippen LogP contribution in [0.5, 0.6) is 0 Å². The smallest absolute Gasteiger partial charge is 0.231 e. The Morgan fingerprint density at radius 3 is 2.58 bits per heavy atom. The summed E-state index contributed by atoms with van der Waals surface area (Å²) in [5.41, 5.74) is 1.10. The van der Waals surface area contributed by atoms with Crippen molar-refractivity contribution in [3.05, 3.63) is 47.5 Å². The maximum atomic E-state index is 13.2. The van der Waals surface area contributed by atoms with Crippen molar-refractivity contribution in [1.29, 1.82) is 0 Å². The Balaban J connectivity index is 1.41. The Morgan fingerprint density at radius 1 is 1.19 bits per heavy atom. The van der Waals surface area contributed by atoms with Gasteiger partial charge in [0.15, 0.2) is 0 Å². The molecule has 1 aromatic heterocycles. The minimum Gasteiger partial charge on any atom is -0.355 e. The molecule has 2 aromatic rings. The van der Waals surface area contributed by atoms with Gasteiger partial charge in [0.1, 0.15) is 11.6 Å². The lowest BCUT2D eigenvalue weighted by Gasteiger charge is -2.22. The van der Waals surface area contributed by atoms with Gasteiger partial charge >= 0.3 is 0 Å². The molecule has 2 saturated carbocycles. The molecular weight excluding hydrogens is 324 g/mol. The highest BCUT2D eigenvalue weighted by Crippen LogP contribution is 2.72. The highest BCUT2D eigenvalue weighted by atomic mass is 16.2. The molecule has 1 heterocycles. The monoisotopic (exact) mass is 352 g/mol. The molecule has 1 N–H and O–H groups in total. The minimum atomic E-state index is -0.301. The summed E-state index contributed by atoms with van der Waals surface area (Å²) in [6, 6.07) is 10.4. The van der Waals surface area contributed by atoms with Crippen LogP contribution in [0.2, 0.25) is 0 Å². The van der Waals surface area contributed by atoms with Gasteiger partial charge in [-0.2, -0.15) is 5.10 Å². The van der Waals surface area contributed by atoms with Crippen LogP contribution in [0.15, 0.2) is 30.3 Å². The first-order valence-corrected chi connectivity index (χ1v) is 9.79. The summed E-state index contributed by atoms with van der Waals surface area (Å²) in [5, 5.41) is 7.62. The van der Waals surface area contributed by atoms with E-state index >= 15 is 0 Å². The van der Waals surface area contributed by atoms with E-state index < -0.39 is 0 Å². The van der Waals surface area contributed by atoms with Crippen molar-refractivity contribution in [1.82, 2.24) is 20.1 Å². The highest BCUT2D eigenvalue weighted by Gasteiger charge is 2.72. The van der Waals surface area contributed by atoms with E-state index in [1.807, 2.05) is 24.6 Å². The number of hydrogen-bond donors (Lipinski definition) is 1. The molecule has 4 rings (SSSR count). The number of nitrogens with one attached hydrogen (secondary N) is 1. The Labute approximate surface area is 155 Å². The fourth-order valence-electron chi connectivity index (χ4n) is 5.06. The maximum Gasteiger partial charge on any atom is 0.231 e. The van der Waals surface area contributed by atoms with Crippen molar-refractivity contribution in [2.45, 2.75) is 64.3 Å². The summed E-state index contributed by atoms with van der Waals surface area (Å²) in [5.74, 6) is 1.95.